The lowest BCUT2D eigenvalue weighted by molar-refractivity contribution is -0.143. The second-order valence-corrected chi connectivity index (χ2v) is 19.1. The Hall–Kier alpha value is -4.91. The van der Waals surface area contributed by atoms with Gasteiger partial charge in [-0.3, -0.25) is 19.1 Å². The van der Waals surface area contributed by atoms with E-state index in [1.807, 2.05) is 54.6 Å². The fourth-order valence-corrected chi connectivity index (χ4v) is 11.4. The molecule has 5 fully saturated rings. The Morgan fingerprint density at radius 1 is 0.983 bits per heavy atom. The van der Waals surface area contributed by atoms with Gasteiger partial charge in [-0.2, -0.15) is 0 Å². The smallest absolute Gasteiger partial charge is 0.259 e. The number of nitrogens with zero attached hydrogens (tertiary/aromatic N) is 3. The second kappa shape index (κ2) is 15.4. The quantitative estimate of drug-likeness (QED) is 0.214. The van der Waals surface area contributed by atoms with Crippen molar-refractivity contribution in [2.75, 3.05) is 26.7 Å². The Morgan fingerprint density at radius 3 is 2.50 bits per heavy atom. The van der Waals surface area contributed by atoms with Crippen molar-refractivity contribution in [2.24, 2.45) is 17.8 Å². The number of piperidine rings is 1. The van der Waals surface area contributed by atoms with Gasteiger partial charge in [-0.25, -0.2) is 13.4 Å². The molecule has 6 atom stereocenters. The average molecular weight is 808 g/mol. The van der Waals surface area contributed by atoms with E-state index in [-0.39, 0.29) is 31.2 Å². The van der Waals surface area contributed by atoms with Gasteiger partial charge < -0.3 is 24.6 Å². The maximum Gasteiger partial charge on any atom is 0.259 e. The Morgan fingerprint density at radius 2 is 1.78 bits per heavy atom. The number of sulfonamides is 1. The summed E-state index contributed by atoms with van der Waals surface area (Å²) in [5.74, 6) is -0.487. The van der Waals surface area contributed by atoms with Gasteiger partial charge in [0.05, 0.1) is 30.1 Å². The number of hydrogen-bond acceptors (Lipinski definition) is 9. The summed E-state index contributed by atoms with van der Waals surface area (Å²) in [7, 11) is -2.25. The van der Waals surface area contributed by atoms with Crippen molar-refractivity contribution in [3.8, 4) is 22.8 Å². The minimum Gasteiger partial charge on any atom is -0.497 e. The number of likely N-dealkylation sites (tertiary alicyclic amines) is 2. The molecule has 3 heterocycles. The number of rotatable bonds is 12. The molecule has 13 heteroatoms. The molecule has 1 aromatic heterocycles. The van der Waals surface area contributed by atoms with Gasteiger partial charge in [-0.15, -0.1) is 6.58 Å². The number of benzene rings is 2. The van der Waals surface area contributed by atoms with Crippen molar-refractivity contribution < 1.29 is 32.3 Å². The molecule has 3 amide bonds. The van der Waals surface area contributed by atoms with Gasteiger partial charge in [0.15, 0.2) is 0 Å². The highest BCUT2D eigenvalue weighted by Gasteiger charge is 2.62. The topological polar surface area (TPSA) is 147 Å². The van der Waals surface area contributed by atoms with Crippen LogP contribution in [0, 0.1) is 17.8 Å². The van der Waals surface area contributed by atoms with E-state index < -0.39 is 50.7 Å². The molecular formula is C45H53N5O7S. The van der Waals surface area contributed by atoms with Crippen LogP contribution in [0.2, 0.25) is 0 Å². The number of aromatic nitrogens is 1. The zero-order valence-electron chi connectivity index (χ0n) is 33.2. The molecule has 9 rings (SSSR count). The predicted molar refractivity (Wildman–Crippen MR) is 220 cm³/mol. The molecule has 4 aliphatic carbocycles. The first-order chi connectivity index (χ1) is 28.1. The lowest BCUT2D eigenvalue weighted by Gasteiger charge is -2.40. The van der Waals surface area contributed by atoms with E-state index in [4.69, 9.17) is 14.5 Å². The van der Waals surface area contributed by atoms with Crippen LogP contribution >= 0.6 is 0 Å². The van der Waals surface area contributed by atoms with E-state index in [0.29, 0.717) is 47.9 Å². The highest BCUT2D eigenvalue weighted by molar-refractivity contribution is 7.91. The third kappa shape index (κ3) is 7.35. The minimum absolute atomic E-state index is 0.0770. The van der Waals surface area contributed by atoms with E-state index in [9.17, 15) is 18.0 Å². The van der Waals surface area contributed by atoms with E-state index in [1.54, 1.807) is 18.1 Å². The maximum absolute atomic E-state index is 15.0. The predicted octanol–water partition coefficient (Wildman–Crippen LogP) is 5.88. The van der Waals surface area contributed by atoms with Gasteiger partial charge in [0.2, 0.25) is 21.8 Å². The monoisotopic (exact) mass is 807 g/mol. The lowest BCUT2D eigenvalue weighted by atomic mass is 9.79. The van der Waals surface area contributed by atoms with E-state index in [2.05, 4.69) is 21.5 Å². The molecule has 3 aromatic rings. The number of methoxy groups -OCH3 is 1. The molecule has 3 saturated carbocycles. The molecule has 2 saturated heterocycles. The number of carbonyl (C=O) groups is 3. The van der Waals surface area contributed by atoms with E-state index >= 15 is 4.79 Å². The molecule has 12 nitrogen and oxygen atoms in total. The summed E-state index contributed by atoms with van der Waals surface area (Å²) in [6.45, 7) is 6.06. The first-order valence-electron chi connectivity index (χ1n) is 21.1. The Bertz CT molecular complexity index is 2270. The summed E-state index contributed by atoms with van der Waals surface area (Å²) in [6.07, 6.45) is 10.6. The molecule has 2 unspecified atom stereocenters. The average Bonchev–Trinajstić information content (AvgIpc) is 4.13. The molecule has 2 aromatic carbocycles. The number of ether oxygens (including phenoxy) is 2. The van der Waals surface area contributed by atoms with Crippen molar-refractivity contribution in [2.45, 2.75) is 100.0 Å². The molecule has 2 aliphatic heterocycles. The van der Waals surface area contributed by atoms with Gasteiger partial charge >= 0.3 is 0 Å². The normalized spacial score (nSPS) is 28.2. The molecule has 2 N–H and O–H groups in total. The summed E-state index contributed by atoms with van der Waals surface area (Å²) in [5.41, 5.74) is 3.70. The molecule has 0 radical (unpaired) electrons. The molecular weight excluding hydrogens is 755 g/mol. The van der Waals surface area contributed by atoms with Crippen molar-refractivity contribution in [3.63, 3.8) is 0 Å². The molecule has 58 heavy (non-hydrogen) atoms. The number of hydrogen-bond donors (Lipinski definition) is 2. The number of amides is 3. The molecule has 6 aliphatic rings. The Balaban J connectivity index is 1.03. The number of fused-ring (bicyclic) bond motifs is 2. The van der Waals surface area contributed by atoms with Gasteiger partial charge in [0.25, 0.3) is 5.91 Å². The van der Waals surface area contributed by atoms with E-state index in [0.717, 1.165) is 62.6 Å². The van der Waals surface area contributed by atoms with Crippen molar-refractivity contribution in [1.29, 1.82) is 0 Å². The minimum atomic E-state index is -3.86. The highest BCUT2D eigenvalue weighted by atomic mass is 32.2. The van der Waals surface area contributed by atoms with Crippen molar-refractivity contribution in [1.82, 2.24) is 24.8 Å². The zero-order valence-corrected chi connectivity index (χ0v) is 34.0. The van der Waals surface area contributed by atoms with Crippen LogP contribution in [0.15, 0.2) is 78.5 Å². The van der Waals surface area contributed by atoms with Gasteiger partial charge in [-0.1, -0.05) is 36.4 Å². The van der Waals surface area contributed by atoms with Crippen LogP contribution in [0.1, 0.15) is 77.0 Å². The molecule has 306 valence electrons. The third-order valence-corrected chi connectivity index (χ3v) is 15.2. The van der Waals surface area contributed by atoms with Crippen molar-refractivity contribution >= 4 is 38.6 Å². The summed E-state index contributed by atoms with van der Waals surface area (Å²) in [6, 6.07) is 16.4. The second-order valence-electron chi connectivity index (χ2n) is 17.2. The number of nitrogens with one attached hydrogen (secondary N) is 2. The van der Waals surface area contributed by atoms with Gasteiger partial charge in [-0.05, 0) is 94.3 Å². The Labute approximate surface area is 340 Å². The van der Waals surface area contributed by atoms with Gasteiger partial charge in [0, 0.05) is 60.1 Å². The first-order valence-corrected chi connectivity index (χ1v) is 22.6. The summed E-state index contributed by atoms with van der Waals surface area (Å²) in [4.78, 5) is 52.5. The van der Waals surface area contributed by atoms with Crippen LogP contribution in [-0.4, -0.2) is 90.6 Å². The fourth-order valence-electron chi connectivity index (χ4n) is 10.00. The maximum atomic E-state index is 15.0. The van der Waals surface area contributed by atoms with Crippen LogP contribution in [0.3, 0.4) is 0 Å². The van der Waals surface area contributed by atoms with Crippen LogP contribution in [0.5, 0.6) is 11.5 Å². The van der Waals surface area contributed by atoms with Crippen LogP contribution < -0.4 is 19.5 Å². The van der Waals surface area contributed by atoms with Crippen LogP contribution in [0.25, 0.3) is 22.2 Å². The number of pyridine rings is 1. The number of allylic oxidation sites excluding steroid dienone is 2. The summed E-state index contributed by atoms with van der Waals surface area (Å²) < 4.78 is 40.3. The van der Waals surface area contributed by atoms with Gasteiger partial charge in [0.1, 0.15) is 29.2 Å². The summed E-state index contributed by atoms with van der Waals surface area (Å²) in [5, 5.41) is 3.13. The van der Waals surface area contributed by atoms with Crippen molar-refractivity contribution in [3.05, 3.63) is 78.5 Å². The Kier molecular flexibility index (Phi) is 10.2. The number of carbonyl (C=O) groups excluding carboxylic acids is 3. The third-order valence-electron chi connectivity index (χ3n) is 13.4. The first kappa shape index (κ1) is 38.6. The lowest BCUT2D eigenvalue weighted by Crippen LogP contribution is -2.57. The molecule has 0 spiro atoms. The zero-order chi connectivity index (χ0) is 40.2. The standard InChI is InChI=1S/C45H53N5O7S/c1-3-31-26-45(31,44(53)48-58(54,55)34-16-17-34)47-42(51)40-24-33(57-41-25-37(28-11-6-4-7-12-28)46-38-23-32(56-2)15-18-36(38)41)27-50(40)43(52)30-21-29-13-10-14-35(29)39(22-30)49-19-8-5-9-20-49/h3-4,6-7,11-12,15,18,23,25,29-31,33-34,40H,1,5,8-10,13-14,16-17,19-22,24,26-27H2,2H3,(H,47,51)(H,48,53)/t29?,30-,31?,33-,40+,45-/m1/s1. The fraction of sp³-hybridized carbons (Fsp3) is 0.511. The molecule has 0 bridgehead atoms. The highest BCUT2D eigenvalue weighted by Crippen LogP contribution is 2.48. The van der Waals surface area contributed by atoms with Crippen LogP contribution in [0.4, 0.5) is 0 Å². The van der Waals surface area contributed by atoms with Crippen LogP contribution in [-0.2, 0) is 24.4 Å². The SMILES string of the molecule is C=CC1C[C@]1(NC(=O)[C@@H]1C[C@@H](Oc2cc(-c3ccccc3)nc3cc(OC)ccc23)CN1C(=O)[C@H]1CC(N2CCCCC2)=C2CCCC2C1)C(=O)NS(=O)(=O)C1CC1. The largest absolute Gasteiger partial charge is 0.497 e. The van der Waals surface area contributed by atoms with E-state index in [1.165, 1.54) is 17.7 Å². The summed E-state index contributed by atoms with van der Waals surface area (Å²) >= 11 is 0.